The van der Waals surface area contributed by atoms with Gasteiger partial charge >= 0.3 is 0 Å². The zero-order valence-electron chi connectivity index (χ0n) is 23.9. The quantitative estimate of drug-likeness (QED) is 0.457. The summed E-state index contributed by atoms with van der Waals surface area (Å²) in [6, 6.07) is 0. The molecule has 4 fully saturated rings. The number of carbonyl (C=O) groups is 2. The third kappa shape index (κ3) is 3.20. The van der Waals surface area contributed by atoms with E-state index in [4.69, 9.17) is 4.84 Å². The fraction of sp³-hybridized carbons (Fsp3) is 0.871. The van der Waals surface area contributed by atoms with Gasteiger partial charge in [-0.1, -0.05) is 54.0 Å². The van der Waals surface area contributed by atoms with Crippen molar-refractivity contribution in [2.75, 3.05) is 7.11 Å². The highest BCUT2D eigenvalue weighted by atomic mass is 16.6. The van der Waals surface area contributed by atoms with E-state index in [0.717, 1.165) is 57.8 Å². The number of ketones is 1. The van der Waals surface area contributed by atoms with Gasteiger partial charge in [0.25, 0.3) is 0 Å². The number of amides is 1. The third-order valence-corrected chi connectivity index (χ3v) is 13.3. The molecule has 0 spiro atoms. The van der Waals surface area contributed by atoms with Crippen LogP contribution in [0, 0.1) is 50.2 Å². The maximum absolute atomic E-state index is 14.3. The molecule has 2 N–H and O–H groups in total. The van der Waals surface area contributed by atoms with E-state index in [1.807, 2.05) is 0 Å². The second-order valence-electron chi connectivity index (χ2n) is 15.3. The van der Waals surface area contributed by atoms with E-state index in [1.54, 1.807) is 0 Å². The van der Waals surface area contributed by atoms with Crippen molar-refractivity contribution in [2.24, 2.45) is 50.2 Å². The molecule has 0 aliphatic heterocycles. The van der Waals surface area contributed by atoms with Crippen LogP contribution in [0.5, 0.6) is 0 Å². The summed E-state index contributed by atoms with van der Waals surface area (Å²) in [7, 11) is 1.50. The van der Waals surface area contributed by atoms with E-state index in [2.05, 4.69) is 60.0 Å². The van der Waals surface area contributed by atoms with Gasteiger partial charge in [-0.05, 0) is 103 Å². The van der Waals surface area contributed by atoms with Crippen LogP contribution in [0.15, 0.2) is 11.6 Å². The van der Waals surface area contributed by atoms with Crippen molar-refractivity contribution < 1.29 is 19.5 Å². The standard InChI is InChI=1S/C31H49NO4/c1-26(2)22-9-12-31(7)24(29(22,5)11-10-23(26)34)21(33)17-19-20-18-28(4,25(35)32-36-8)14-13-27(20,3)15-16-30(19,31)6/h17,20,22-24,34H,9-16,18H2,1-8H3,(H,32,35). The highest BCUT2D eigenvalue weighted by molar-refractivity contribution is 5.95. The second-order valence-corrected chi connectivity index (χ2v) is 15.3. The van der Waals surface area contributed by atoms with E-state index in [1.165, 1.54) is 12.7 Å². The normalized spacial score (nSPS) is 51.7. The number of aliphatic hydroxyl groups is 1. The van der Waals surface area contributed by atoms with Gasteiger partial charge in [0.05, 0.1) is 13.2 Å². The number of allylic oxidation sites excluding steroid dienone is 2. The SMILES string of the molecule is CONC(=O)C1(C)CCC2(C)CCC3(C)C(=CC(=O)C4C5(C)CCC(O)C(C)(C)C5CCC43C)C2C1. The lowest BCUT2D eigenvalue weighted by molar-refractivity contribution is -0.202. The van der Waals surface area contributed by atoms with Crippen molar-refractivity contribution in [3.8, 4) is 0 Å². The predicted molar refractivity (Wildman–Crippen MR) is 141 cm³/mol. The molecular weight excluding hydrogens is 450 g/mol. The lowest BCUT2D eigenvalue weighted by Crippen LogP contribution is -2.66. The molecule has 0 radical (unpaired) electrons. The van der Waals surface area contributed by atoms with Crippen LogP contribution in [0.3, 0.4) is 0 Å². The van der Waals surface area contributed by atoms with E-state index in [-0.39, 0.29) is 50.9 Å². The molecule has 9 unspecified atom stereocenters. The smallest absolute Gasteiger partial charge is 0.249 e. The lowest BCUT2D eigenvalue weighted by atomic mass is 9.33. The van der Waals surface area contributed by atoms with Gasteiger partial charge in [0.2, 0.25) is 5.91 Å². The zero-order valence-corrected chi connectivity index (χ0v) is 23.9. The molecule has 0 aromatic rings. The number of hydroxylamine groups is 1. The fourth-order valence-electron chi connectivity index (χ4n) is 10.6. The molecule has 5 heteroatoms. The molecule has 0 bridgehead atoms. The minimum Gasteiger partial charge on any atom is -0.393 e. The van der Waals surface area contributed by atoms with E-state index < -0.39 is 5.41 Å². The molecule has 36 heavy (non-hydrogen) atoms. The zero-order chi connectivity index (χ0) is 26.5. The monoisotopic (exact) mass is 499 g/mol. The first-order valence-corrected chi connectivity index (χ1v) is 14.4. The third-order valence-electron chi connectivity index (χ3n) is 13.3. The molecule has 5 aliphatic rings. The Hall–Kier alpha value is -1.20. The van der Waals surface area contributed by atoms with Crippen molar-refractivity contribution in [1.29, 1.82) is 0 Å². The lowest BCUT2D eigenvalue weighted by Gasteiger charge is -2.70. The summed E-state index contributed by atoms with van der Waals surface area (Å²) in [5.74, 6) is 0.832. The molecule has 202 valence electrons. The van der Waals surface area contributed by atoms with E-state index in [0.29, 0.717) is 11.7 Å². The number of carbonyl (C=O) groups excluding carboxylic acids is 2. The highest BCUT2D eigenvalue weighted by Gasteiger charge is 2.70. The molecule has 0 aromatic carbocycles. The Bertz CT molecular complexity index is 1000. The Morgan fingerprint density at radius 2 is 1.64 bits per heavy atom. The predicted octanol–water partition coefficient (Wildman–Crippen LogP) is 6.01. The first-order chi connectivity index (χ1) is 16.6. The topological polar surface area (TPSA) is 75.6 Å². The number of fused-ring (bicyclic) bond motifs is 7. The summed E-state index contributed by atoms with van der Waals surface area (Å²) in [6.07, 6.45) is 10.4. The summed E-state index contributed by atoms with van der Waals surface area (Å²) < 4.78 is 0. The van der Waals surface area contributed by atoms with E-state index in [9.17, 15) is 14.7 Å². The Morgan fingerprint density at radius 1 is 0.972 bits per heavy atom. The molecule has 5 aliphatic carbocycles. The number of hydrogen-bond acceptors (Lipinski definition) is 4. The van der Waals surface area contributed by atoms with Crippen LogP contribution >= 0.6 is 0 Å². The number of nitrogens with one attached hydrogen (secondary N) is 1. The average Bonchev–Trinajstić information content (AvgIpc) is 2.79. The average molecular weight is 500 g/mol. The summed E-state index contributed by atoms with van der Waals surface area (Å²) in [5.41, 5.74) is 3.13. The van der Waals surface area contributed by atoms with Gasteiger partial charge in [0, 0.05) is 11.3 Å². The molecule has 0 aromatic heterocycles. The molecule has 5 rings (SSSR count). The molecule has 9 atom stereocenters. The molecule has 0 heterocycles. The first-order valence-electron chi connectivity index (χ1n) is 14.4. The molecule has 4 saturated carbocycles. The van der Waals surface area contributed by atoms with Gasteiger partial charge < -0.3 is 5.11 Å². The van der Waals surface area contributed by atoms with Crippen LogP contribution in [-0.2, 0) is 14.4 Å². The summed E-state index contributed by atoms with van der Waals surface area (Å²) in [6.45, 7) is 16.2. The maximum Gasteiger partial charge on any atom is 0.249 e. The van der Waals surface area contributed by atoms with Crippen molar-refractivity contribution in [2.45, 2.75) is 112 Å². The summed E-state index contributed by atoms with van der Waals surface area (Å²) >= 11 is 0. The summed E-state index contributed by atoms with van der Waals surface area (Å²) in [5, 5.41) is 10.9. The minimum atomic E-state index is -0.493. The molecular formula is C31H49NO4. The van der Waals surface area contributed by atoms with Crippen LogP contribution in [0.2, 0.25) is 0 Å². The molecule has 5 nitrogen and oxygen atoms in total. The Balaban J connectivity index is 1.59. The van der Waals surface area contributed by atoms with E-state index >= 15 is 0 Å². The van der Waals surface area contributed by atoms with Gasteiger partial charge in [-0.2, -0.15) is 0 Å². The Labute approximate surface area is 218 Å². The van der Waals surface area contributed by atoms with Crippen molar-refractivity contribution >= 4 is 11.7 Å². The minimum absolute atomic E-state index is 0.0135. The second kappa shape index (κ2) is 7.91. The Morgan fingerprint density at radius 3 is 2.31 bits per heavy atom. The molecule has 0 saturated heterocycles. The van der Waals surface area contributed by atoms with Gasteiger partial charge in [-0.25, -0.2) is 5.48 Å². The van der Waals surface area contributed by atoms with Gasteiger partial charge in [-0.15, -0.1) is 0 Å². The van der Waals surface area contributed by atoms with Crippen LogP contribution in [0.25, 0.3) is 0 Å². The fourth-order valence-corrected chi connectivity index (χ4v) is 10.6. The highest BCUT2D eigenvalue weighted by Crippen LogP contribution is 2.75. The number of hydrogen-bond donors (Lipinski definition) is 2. The first kappa shape index (κ1) is 26.4. The maximum atomic E-state index is 14.3. The van der Waals surface area contributed by atoms with Gasteiger partial charge in [-0.3, -0.25) is 14.4 Å². The van der Waals surface area contributed by atoms with Gasteiger partial charge in [0.1, 0.15) is 0 Å². The molecule has 1 amide bonds. The van der Waals surface area contributed by atoms with Crippen LogP contribution < -0.4 is 5.48 Å². The summed E-state index contributed by atoms with van der Waals surface area (Å²) in [4.78, 5) is 32.4. The van der Waals surface area contributed by atoms with Crippen molar-refractivity contribution in [3.05, 3.63) is 11.6 Å². The largest absolute Gasteiger partial charge is 0.393 e. The van der Waals surface area contributed by atoms with Gasteiger partial charge in [0.15, 0.2) is 5.78 Å². The van der Waals surface area contributed by atoms with Crippen LogP contribution in [-0.4, -0.2) is 30.0 Å². The van der Waals surface area contributed by atoms with Crippen LogP contribution in [0.4, 0.5) is 0 Å². The number of aliphatic hydroxyl groups excluding tert-OH is 1. The van der Waals surface area contributed by atoms with Crippen LogP contribution in [0.1, 0.15) is 106 Å². The van der Waals surface area contributed by atoms with Crippen molar-refractivity contribution in [3.63, 3.8) is 0 Å². The Kier molecular flexibility index (Phi) is 5.80. The van der Waals surface area contributed by atoms with Crippen molar-refractivity contribution in [1.82, 2.24) is 5.48 Å². The number of rotatable bonds is 2.